The lowest BCUT2D eigenvalue weighted by Gasteiger charge is -2.30. The third-order valence-corrected chi connectivity index (χ3v) is 4.43. The second-order valence-electron chi connectivity index (χ2n) is 6.21. The van der Waals surface area contributed by atoms with E-state index in [9.17, 15) is 4.79 Å². The summed E-state index contributed by atoms with van der Waals surface area (Å²) in [5.41, 5.74) is 4.58. The summed E-state index contributed by atoms with van der Waals surface area (Å²) in [6, 6.07) is 18.7. The van der Waals surface area contributed by atoms with Gasteiger partial charge in [0, 0.05) is 29.9 Å². The minimum atomic E-state index is 0.256. The first-order chi connectivity index (χ1) is 11.3. The lowest BCUT2D eigenvalue weighted by atomic mass is 10.0. The molecule has 4 rings (SSSR count). The number of hydrogen-bond donors (Lipinski definition) is 0. The first-order valence-electron chi connectivity index (χ1n) is 8.15. The number of hydrogen-bond acceptors (Lipinski definition) is 2. The Hall–Kier alpha value is -2.61. The van der Waals surface area contributed by atoms with E-state index in [-0.39, 0.29) is 11.7 Å². The third kappa shape index (κ3) is 2.98. The van der Waals surface area contributed by atoms with E-state index in [1.54, 1.807) is 0 Å². The van der Waals surface area contributed by atoms with E-state index in [2.05, 4.69) is 59.5 Å². The van der Waals surface area contributed by atoms with E-state index < -0.39 is 0 Å². The van der Waals surface area contributed by atoms with Crippen LogP contribution in [0, 0.1) is 5.92 Å². The number of benzene rings is 2. The smallest absolute Gasteiger partial charge is 0.160 e. The molecule has 0 unspecified atom stereocenters. The fourth-order valence-corrected chi connectivity index (χ4v) is 2.98. The molecular weight excluding hydrogens is 282 g/mol. The quantitative estimate of drug-likeness (QED) is 0.770. The summed E-state index contributed by atoms with van der Waals surface area (Å²) in [5.74, 6) is 0.522. The molecule has 2 aromatic carbocycles. The molecule has 0 radical (unpaired) electrons. The average Bonchev–Trinajstić information content (AvgIpc) is 3.43. The van der Waals surface area contributed by atoms with Crippen LogP contribution in [0.4, 0.5) is 5.69 Å². The van der Waals surface area contributed by atoms with E-state index >= 15 is 0 Å². The summed E-state index contributed by atoms with van der Waals surface area (Å²) in [6.07, 6.45) is 8.07. The molecule has 2 heteroatoms. The molecule has 1 fully saturated rings. The highest BCUT2D eigenvalue weighted by Crippen LogP contribution is 2.34. The molecule has 1 heterocycles. The Balaban J connectivity index is 1.71. The number of ketones is 1. The standard InChI is InChI=1S/C21H19NO/c23-21(18-10-11-18)14-19-13-12-17-8-4-5-9-20(17)22(19)15-16-6-2-1-3-7-16/h1-9,12-14,18H,10-11,15H2/b19-14+. The molecule has 1 aliphatic carbocycles. The molecule has 1 aliphatic heterocycles. The van der Waals surface area contributed by atoms with Crippen LogP contribution in [-0.4, -0.2) is 5.78 Å². The summed E-state index contributed by atoms with van der Waals surface area (Å²) >= 11 is 0. The predicted molar refractivity (Wildman–Crippen MR) is 93.9 cm³/mol. The molecule has 0 amide bonds. The summed E-state index contributed by atoms with van der Waals surface area (Å²) < 4.78 is 0. The van der Waals surface area contributed by atoms with Crippen LogP contribution in [0.1, 0.15) is 24.0 Å². The van der Waals surface area contributed by atoms with E-state index in [1.165, 1.54) is 11.1 Å². The van der Waals surface area contributed by atoms with Gasteiger partial charge in [-0.15, -0.1) is 0 Å². The fraction of sp³-hybridized carbons (Fsp3) is 0.190. The zero-order valence-corrected chi connectivity index (χ0v) is 13.0. The molecular formula is C21H19NO. The van der Waals surface area contributed by atoms with Gasteiger partial charge in [0.1, 0.15) is 0 Å². The first kappa shape index (κ1) is 14.0. The molecule has 2 nitrogen and oxygen atoms in total. The Bertz CT molecular complexity index is 784. The second kappa shape index (κ2) is 5.88. The van der Waals surface area contributed by atoms with Gasteiger partial charge in [0.2, 0.25) is 0 Å². The molecule has 0 bridgehead atoms. The van der Waals surface area contributed by atoms with Crippen LogP contribution >= 0.6 is 0 Å². The largest absolute Gasteiger partial charge is 0.336 e. The molecule has 114 valence electrons. The number of nitrogens with zero attached hydrogens (tertiary/aromatic N) is 1. The predicted octanol–water partition coefficient (Wildman–Crippen LogP) is 4.58. The van der Waals surface area contributed by atoms with E-state index in [0.29, 0.717) is 0 Å². The maximum atomic E-state index is 12.2. The lowest BCUT2D eigenvalue weighted by molar-refractivity contribution is -0.115. The van der Waals surface area contributed by atoms with Gasteiger partial charge in [0.15, 0.2) is 5.78 Å². The van der Waals surface area contributed by atoms with Gasteiger partial charge in [-0.2, -0.15) is 0 Å². The topological polar surface area (TPSA) is 20.3 Å². The molecule has 0 aromatic heterocycles. The van der Waals surface area contributed by atoms with Gasteiger partial charge in [0.05, 0.1) is 0 Å². The second-order valence-corrected chi connectivity index (χ2v) is 6.21. The minimum absolute atomic E-state index is 0.256. The van der Waals surface area contributed by atoms with Gasteiger partial charge in [-0.3, -0.25) is 4.79 Å². The van der Waals surface area contributed by atoms with E-state index in [1.807, 2.05) is 18.2 Å². The van der Waals surface area contributed by atoms with Crippen molar-refractivity contribution in [2.24, 2.45) is 5.92 Å². The Morgan fingerprint density at radius 3 is 2.52 bits per heavy atom. The van der Waals surface area contributed by atoms with Crippen molar-refractivity contribution in [3.63, 3.8) is 0 Å². The van der Waals surface area contributed by atoms with Crippen molar-refractivity contribution in [3.8, 4) is 0 Å². The van der Waals surface area contributed by atoms with Gasteiger partial charge >= 0.3 is 0 Å². The van der Waals surface area contributed by atoms with Crippen LogP contribution in [0.2, 0.25) is 0 Å². The van der Waals surface area contributed by atoms with Crippen molar-refractivity contribution in [3.05, 3.63) is 83.6 Å². The number of rotatable bonds is 4. The molecule has 0 N–H and O–H groups in total. The number of fused-ring (bicyclic) bond motifs is 1. The van der Waals surface area contributed by atoms with E-state index in [4.69, 9.17) is 0 Å². The maximum absolute atomic E-state index is 12.2. The Kier molecular flexibility index (Phi) is 3.58. The van der Waals surface area contributed by atoms with Crippen LogP contribution in [0.3, 0.4) is 0 Å². The average molecular weight is 301 g/mol. The number of carbonyl (C=O) groups excluding carboxylic acids is 1. The lowest BCUT2D eigenvalue weighted by Crippen LogP contribution is -2.24. The molecule has 2 aliphatic rings. The highest BCUT2D eigenvalue weighted by atomic mass is 16.1. The maximum Gasteiger partial charge on any atom is 0.160 e. The van der Waals surface area contributed by atoms with Crippen LogP contribution in [0.5, 0.6) is 0 Å². The number of allylic oxidation sites excluding steroid dienone is 2. The van der Waals surface area contributed by atoms with Crippen LogP contribution in [0.25, 0.3) is 6.08 Å². The first-order valence-corrected chi connectivity index (χ1v) is 8.15. The van der Waals surface area contributed by atoms with Crippen molar-refractivity contribution in [2.75, 3.05) is 4.90 Å². The van der Waals surface area contributed by atoms with Gasteiger partial charge in [-0.05, 0) is 36.1 Å². The van der Waals surface area contributed by atoms with Crippen LogP contribution in [0.15, 0.2) is 72.4 Å². The normalized spacial score (nSPS) is 18.1. The summed E-state index contributed by atoms with van der Waals surface area (Å²) in [6.45, 7) is 0.770. The highest BCUT2D eigenvalue weighted by molar-refractivity contribution is 5.95. The summed E-state index contributed by atoms with van der Waals surface area (Å²) in [4.78, 5) is 14.5. The fourth-order valence-electron chi connectivity index (χ4n) is 2.98. The van der Waals surface area contributed by atoms with Gasteiger partial charge in [-0.1, -0.05) is 54.6 Å². The number of anilines is 1. The number of carbonyl (C=O) groups is 1. The highest BCUT2D eigenvalue weighted by Gasteiger charge is 2.29. The van der Waals surface area contributed by atoms with Crippen molar-refractivity contribution in [1.29, 1.82) is 0 Å². The number of para-hydroxylation sites is 1. The van der Waals surface area contributed by atoms with Gasteiger partial charge in [-0.25, -0.2) is 0 Å². The van der Waals surface area contributed by atoms with Crippen molar-refractivity contribution >= 4 is 17.5 Å². The van der Waals surface area contributed by atoms with Gasteiger partial charge in [0.25, 0.3) is 0 Å². The van der Waals surface area contributed by atoms with Crippen molar-refractivity contribution in [1.82, 2.24) is 0 Å². The summed E-state index contributed by atoms with van der Waals surface area (Å²) in [5, 5.41) is 0. The molecule has 0 saturated heterocycles. The van der Waals surface area contributed by atoms with Crippen molar-refractivity contribution < 1.29 is 4.79 Å². The third-order valence-electron chi connectivity index (χ3n) is 4.43. The van der Waals surface area contributed by atoms with Gasteiger partial charge < -0.3 is 4.90 Å². The molecule has 1 saturated carbocycles. The zero-order chi connectivity index (χ0) is 15.6. The SMILES string of the molecule is O=C(/C=C1\C=Cc2ccccc2N1Cc1ccccc1)C1CC1. The van der Waals surface area contributed by atoms with Crippen molar-refractivity contribution in [2.45, 2.75) is 19.4 Å². The van der Waals surface area contributed by atoms with Crippen LogP contribution < -0.4 is 4.90 Å². The zero-order valence-electron chi connectivity index (χ0n) is 13.0. The Morgan fingerprint density at radius 1 is 1.00 bits per heavy atom. The summed E-state index contributed by atoms with van der Waals surface area (Å²) in [7, 11) is 0. The molecule has 2 aromatic rings. The molecule has 23 heavy (non-hydrogen) atoms. The minimum Gasteiger partial charge on any atom is -0.336 e. The van der Waals surface area contributed by atoms with E-state index in [0.717, 1.165) is 30.8 Å². The molecule has 0 atom stereocenters. The van der Waals surface area contributed by atoms with Crippen LogP contribution in [-0.2, 0) is 11.3 Å². The Morgan fingerprint density at radius 2 is 1.74 bits per heavy atom. The Labute approximate surface area is 136 Å². The molecule has 0 spiro atoms. The monoisotopic (exact) mass is 301 g/mol.